The fourth-order valence-electron chi connectivity index (χ4n) is 2.91. The molecule has 0 bridgehead atoms. The number of piperazine rings is 1. The van der Waals surface area contributed by atoms with Gasteiger partial charge < -0.3 is 10.8 Å². The molecule has 2 rings (SSSR count). The van der Waals surface area contributed by atoms with Gasteiger partial charge in [0.2, 0.25) is 0 Å². The number of rotatable bonds is 5. The third kappa shape index (κ3) is 3.76. The van der Waals surface area contributed by atoms with Crippen molar-refractivity contribution in [3.05, 3.63) is 35.6 Å². The van der Waals surface area contributed by atoms with Crippen molar-refractivity contribution in [2.45, 2.75) is 19.0 Å². The number of aliphatic hydroxyl groups excluding tert-OH is 1. The number of β-amino-alcohol motifs (C(OH)–C–C–N with tert-alkyl or cyclic N) is 1. The highest BCUT2D eigenvalue weighted by atomic mass is 19.1. The molecule has 1 aromatic rings. The number of hydrogen-bond acceptors (Lipinski definition) is 4. The average molecular weight is 281 g/mol. The van der Waals surface area contributed by atoms with Crippen molar-refractivity contribution in [2.75, 3.05) is 39.3 Å². The van der Waals surface area contributed by atoms with Crippen LogP contribution in [0.5, 0.6) is 0 Å². The van der Waals surface area contributed by atoms with Gasteiger partial charge in [-0.15, -0.1) is 0 Å². The summed E-state index contributed by atoms with van der Waals surface area (Å²) in [5.74, 6) is -0.218. The molecule has 0 saturated carbocycles. The first-order valence-corrected chi connectivity index (χ1v) is 7.20. The lowest BCUT2D eigenvalue weighted by Crippen LogP contribution is -2.51. The zero-order valence-electron chi connectivity index (χ0n) is 12.0. The van der Waals surface area contributed by atoms with Gasteiger partial charge in [-0.25, -0.2) is 4.39 Å². The van der Waals surface area contributed by atoms with Gasteiger partial charge in [0, 0.05) is 44.8 Å². The molecule has 112 valence electrons. The predicted octanol–water partition coefficient (Wildman–Crippen LogP) is 0.824. The second-order valence-corrected chi connectivity index (χ2v) is 5.46. The van der Waals surface area contributed by atoms with Crippen molar-refractivity contribution in [3.8, 4) is 0 Å². The summed E-state index contributed by atoms with van der Waals surface area (Å²) in [5, 5.41) is 8.98. The van der Waals surface area contributed by atoms with E-state index in [0.29, 0.717) is 0 Å². The number of hydrogen-bond donors (Lipinski definition) is 2. The summed E-state index contributed by atoms with van der Waals surface area (Å²) in [5.41, 5.74) is 7.21. The molecule has 0 amide bonds. The van der Waals surface area contributed by atoms with Crippen molar-refractivity contribution in [1.82, 2.24) is 9.80 Å². The fourth-order valence-corrected chi connectivity index (χ4v) is 2.91. The molecular formula is C15H24FN3O. The molecule has 0 spiro atoms. The summed E-state index contributed by atoms with van der Waals surface area (Å²) < 4.78 is 13.1. The Balaban J connectivity index is 2.05. The zero-order chi connectivity index (χ0) is 14.5. The smallest absolute Gasteiger partial charge is 0.123 e. The second-order valence-electron chi connectivity index (χ2n) is 5.46. The molecule has 1 saturated heterocycles. The molecule has 1 heterocycles. The molecule has 1 aliphatic heterocycles. The predicted molar refractivity (Wildman–Crippen MR) is 77.9 cm³/mol. The molecule has 3 N–H and O–H groups in total. The van der Waals surface area contributed by atoms with Crippen molar-refractivity contribution in [3.63, 3.8) is 0 Å². The van der Waals surface area contributed by atoms with Crippen molar-refractivity contribution in [2.24, 2.45) is 5.73 Å². The summed E-state index contributed by atoms with van der Waals surface area (Å²) in [7, 11) is 0. The van der Waals surface area contributed by atoms with E-state index in [1.54, 1.807) is 0 Å². The van der Waals surface area contributed by atoms with Gasteiger partial charge in [0.05, 0.1) is 6.61 Å². The van der Waals surface area contributed by atoms with Gasteiger partial charge in [0.15, 0.2) is 0 Å². The zero-order valence-corrected chi connectivity index (χ0v) is 12.0. The molecule has 0 aromatic heterocycles. The minimum atomic E-state index is -0.218. The van der Waals surface area contributed by atoms with Crippen molar-refractivity contribution >= 4 is 0 Å². The minimum Gasteiger partial charge on any atom is -0.395 e. The summed E-state index contributed by atoms with van der Waals surface area (Å²) in [6.07, 6.45) is 0. The molecular weight excluding hydrogens is 257 g/mol. The molecule has 20 heavy (non-hydrogen) atoms. The van der Waals surface area contributed by atoms with Gasteiger partial charge in [0.25, 0.3) is 0 Å². The van der Waals surface area contributed by atoms with Crippen LogP contribution in [0.2, 0.25) is 0 Å². The number of benzene rings is 1. The Morgan fingerprint density at radius 1 is 1.20 bits per heavy atom. The highest BCUT2D eigenvalue weighted by Gasteiger charge is 2.27. The van der Waals surface area contributed by atoms with E-state index in [2.05, 4.69) is 9.80 Å². The van der Waals surface area contributed by atoms with Crippen LogP contribution in [0.25, 0.3) is 0 Å². The Hall–Kier alpha value is -1.01. The van der Waals surface area contributed by atoms with Crippen LogP contribution in [0.1, 0.15) is 18.5 Å². The van der Waals surface area contributed by atoms with E-state index in [1.165, 1.54) is 12.1 Å². The Bertz CT molecular complexity index is 402. The van der Waals surface area contributed by atoms with Gasteiger partial charge in [-0.1, -0.05) is 12.1 Å². The maximum Gasteiger partial charge on any atom is 0.123 e. The average Bonchev–Trinajstić information content (AvgIpc) is 2.43. The first kappa shape index (κ1) is 15.4. The van der Waals surface area contributed by atoms with Gasteiger partial charge in [-0.05, 0) is 24.6 Å². The molecule has 1 aliphatic rings. The standard InChI is InChI=1S/C15H24FN3O/c1-12(17)15(13-2-4-14(16)5-3-13)19-8-6-18(7-9-19)10-11-20/h2-5,12,15,20H,6-11,17H2,1H3. The Morgan fingerprint density at radius 3 is 2.30 bits per heavy atom. The lowest BCUT2D eigenvalue weighted by molar-refractivity contribution is 0.0760. The van der Waals surface area contributed by atoms with Crippen molar-refractivity contribution in [1.29, 1.82) is 0 Å². The topological polar surface area (TPSA) is 52.7 Å². The second kappa shape index (κ2) is 7.13. The quantitative estimate of drug-likeness (QED) is 0.839. The largest absolute Gasteiger partial charge is 0.395 e. The summed E-state index contributed by atoms with van der Waals surface area (Å²) in [6.45, 7) is 6.64. The molecule has 1 fully saturated rings. The van der Waals surface area contributed by atoms with E-state index in [4.69, 9.17) is 10.8 Å². The third-order valence-corrected chi connectivity index (χ3v) is 3.93. The molecule has 0 radical (unpaired) electrons. The van der Waals surface area contributed by atoms with E-state index in [0.717, 1.165) is 38.3 Å². The normalized spacial score (nSPS) is 20.8. The molecule has 2 unspecified atom stereocenters. The molecule has 2 atom stereocenters. The molecule has 5 heteroatoms. The van der Waals surface area contributed by atoms with Crippen LogP contribution in [0.15, 0.2) is 24.3 Å². The molecule has 4 nitrogen and oxygen atoms in total. The van der Waals surface area contributed by atoms with E-state index in [9.17, 15) is 4.39 Å². The van der Waals surface area contributed by atoms with Gasteiger partial charge >= 0.3 is 0 Å². The number of nitrogens with two attached hydrogens (primary N) is 1. The van der Waals surface area contributed by atoms with Crippen molar-refractivity contribution < 1.29 is 9.50 Å². The van der Waals surface area contributed by atoms with Gasteiger partial charge in [-0.3, -0.25) is 9.80 Å². The lowest BCUT2D eigenvalue weighted by atomic mass is 9.98. The summed E-state index contributed by atoms with van der Waals surface area (Å²) >= 11 is 0. The Morgan fingerprint density at radius 2 is 1.80 bits per heavy atom. The maximum absolute atomic E-state index is 13.1. The van der Waals surface area contributed by atoms with Crippen LogP contribution < -0.4 is 5.73 Å². The Kier molecular flexibility index (Phi) is 5.48. The maximum atomic E-state index is 13.1. The number of nitrogens with zero attached hydrogens (tertiary/aromatic N) is 2. The van der Waals surface area contributed by atoms with Crippen LogP contribution in [0.4, 0.5) is 4.39 Å². The SMILES string of the molecule is CC(N)C(c1ccc(F)cc1)N1CCN(CCO)CC1. The fraction of sp³-hybridized carbons (Fsp3) is 0.600. The highest BCUT2D eigenvalue weighted by Crippen LogP contribution is 2.25. The van der Waals surface area contributed by atoms with Crippen LogP contribution in [-0.4, -0.2) is 60.3 Å². The van der Waals surface area contributed by atoms with Crippen LogP contribution in [0, 0.1) is 5.82 Å². The van der Waals surface area contributed by atoms with E-state index in [-0.39, 0.29) is 24.5 Å². The first-order valence-electron chi connectivity index (χ1n) is 7.20. The lowest BCUT2D eigenvalue weighted by Gasteiger charge is -2.40. The van der Waals surface area contributed by atoms with Crippen LogP contribution in [-0.2, 0) is 0 Å². The molecule has 1 aromatic carbocycles. The monoisotopic (exact) mass is 281 g/mol. The summed E-state index contributed by atoms with van der Waals surface area (Å²) in [6, 6.07) is 6.74. The van der Waals surface area contributed by atoms with E-state index >= 15 is 0 Å². The van der Waals surface area contributed by atoms with E-state index < -0.39 is 0 Å². The minimum absolute atomic E-state index is 0.00940. The highest BCUT2D eigenvalue weighted by molar-refractivity contribution is 5.21. The third-order valence-electron chi connectivity index (χ3n) is 3.93. The van der Waals surface area contributed by atoms with Gasteiger partial charge in [0.1, 0.15) is 5.82 Å². The molecule has 0 aliphatic carbocycles. The van der Waals surface area contributed by atoms with Gasteiger partial charge in [-0.2, -0.15) is 0 Å². The number of aliphatic hydroxyl groups is 1. The number of halogens is 1. The first-order chi connectivity index (χ1) is 9.61. The Labute approximate surface area is 120 Å². The van der Waals surface area contributed by atoms with Crippen LogP contribution in [0.3, 0.4) is 0 Å². The van der Waals surface area contributed by atoms with E-state index in [1.807, 2.05) is 19.1 Å². The van der Waals surface area contributed by atoms with Crippen LogP contribution >= 0.6 is 0 Å². The summed E-state index contributed by atoms with van der Waals surface area (Å²) in [4.78, 5) is 4.60.